The van der Waals surface area contributed by atoms with E-state index < -0.39 is 23.6 Å². The molecule has 0 bridgehead atoms. The van der Waals surface area contributed by atoms with Crippen LogP contribution in [0.2, 0.25) is 0 Å². The molecule has 0 saturated carbocycles. The van der Waals surface area contributed by atoms with E-state index in [0.717, 1.165) is 12.1 Å². The van der Waals surface area contributed by atoms with Crippen LogP contribution in [0.1, 0.15) is 18.5 Å². The molecule has 1 rings (SSSR count). The second-order valence-corrected chi connectivity index (χ2v) is 3.03. The van der Waals surface area contributed by atoms with E-state index in [0.29, 0.717) is 6.54 Å². The number of carbonyl (C=O) groups is 1. The monoisotopic (exact) mass is 214 g/mol. The van der Waals surface area contributed by atoms with Crippen LogP contribution in [-0.2, 0) is 4.79 Å². The summed E-state index contributed by atoms with van der Waals surface area (Å²) in [7, 11) is 0. The van der Waals surface area contributed by atoms with Gasteiger partial charge in [-0.25, -0.2) is 8.78 Å². The lowest BCUT2D eigenvalue weighted by Gasteiger charge is -2.15. The Morgan fingerprint density at radius 3 is 2.40 bits per heavy atom. The van der Waals surface area contributed by atoms with Gasteiger partial charge in [0.25, 0.3) is 0 Å². The molecule has 0 aliphatic heterocycles. The van der Waals surface area contributed by atoms with Gasteiger partial charge in [-0.15, -0.1) is 0 Å². The SMILES string of the molecule is CCNC(C(N)=O)c1c(F)cccc1F. The fraction of sp³-hybridized carbons (Fsp3) is 0.300. The lowest BCUT2D eigenvalue weighted by atomic mass is 10.0. The van der Waals surface area contributed by atoms with E-state index in [-0.39, 0.29) is 5.56 Å². The molecule has 0 aromatic heterocycles. The summed E-state index contributed by atoms with van der Waals surface area (Å²) in [6.07, 6.45) is 0. The summed E-state index contributed by atoms with van der Waals surface area (Å²) in [6.45, 7) is 2.11. The highest BCUT2D eigenvalue weighted by Gasteiger charge is 2.23. The number of benzene rings is 1. The number of primary amides is 1. The predicted molar refractivity (Wildman–Crippen MR) is 52.0 cm³/mol. The number of halogens is 2. The van der Waals surface area contributed by atoms with Crippen molar-refractivity contribution >= 4 is 5.91 Å². The number of nitrogens with two attached hydrogens (primary N) is 1. The first-order chi connectivity index (χ1) is 7.07. The molecule has 1 atom stereocenters. The number of amides is 1. The summed E-state index contributed by atoms with van der Waals surface area (Å²) in [4.78, 5) is 11.0. The van der Waals surface area contributed by atoms with E-state index in [1.165, 1.54) is 6.07 Å². The molecule has 15 heavy (non-hydrogen) atoms. The average molecular weight is 214 g/mol. The maximum Gasteiger partial charge on any atom is 0.239 e. The van der Waals surface area contributed by atoms with Crippen molar-refractivity contribution in [3.05, 3.63) is 35.4 Å². The Balaban J connectivity index is 3.15. The highest BCUT2D eigenvalue weighted by Crippen LogP contribution is 2.20. The zero-order valence-corrected chi connectivity index (χ0v) is 8.26. The van der Waals surface area contributed by atoms with Crippen molar-refractivity contribution in [1.82, 2.24) is 5.32 Å². The van der Waals surface area contributed by atoms with Gasteiger partial charge in [-0.3, -0.25) is 4.79 Å². The highest BCUT2D eigenvalue weighted by atomic mass is 19.1. The summed E-state index contributed by atoms with van der Waals surface area (Å²) in [5.74, 6) is -2.36. The van der Waals surface area contributed by atoms with E-state index >= 15 is 0 Å². The first-order valence-electron chi connectivity index (χ1n) is 4.54. The van der Waals surface area contributed by atoms with E-state index in [4.69, 9.17) is 5.73 Å². The molecule has 3 nitrogen and oxygen atoms in total. The minimum absolute atomic E-state index is 0.327. The summed E-state index contributed by atoms with van der Waals surface area (Å²) in [6, 6.07) is 2.28. The van der Waals surface area contributed by atoms with Crippen LogP contribution in [0, 0.1) is 11.6 Å². The molecule has 5 heteroatoms. The maximum atomic E-state index is 13.3. The minimum Gasteiger partial charge on any atom is -0.368 e. The van der Waals surface area contributed by atoms with E-state index in [2.05, 4.69) is 5.32 Å². The third-order valence-corrected chi connectivity index (χ3v) is 1.98. The fourth-order valence-electron chi connectivity index (χ4n) is 1.34. The van der Waals surface area contributed by atoms with Crippen LogP contribution < -0.4 is 11.1 Å². The lowest BCUT2D eigenvalue weighted by molar-refractivity contribution is -0.120. The van der Waals surface area contributed by atoms with Gasteiger partial charge in [-0.2, -0.15) is 0 Å². The highest BCUT2D eigenvalue weighted by molar-refractivity contribution is 5.81. The molecular weight excluding hydrogens is 202 g/mol. The Bertz CT molecular complexity index is 348. The van der Waals surface area contributed by atoms with Gasteiger partial charge in [-0.05, 0) is 18.7 Å². The molecule has 0 aliphatic rings. The Morgan fingerprint density at radius 2 is 2.00 bits per heavy atom. The van der Waals surface area contributed by atoms with Crippen LogP contribution in [-0.4, -0.2) is 12.5 Å². The van der Waals surface area contributed by atoms with Gasteiger partial charge in [-0.1, -0.05) is 13.0 Å². The Labute approximate surface area is 86.3 Å². The van der Waals surface area contributed by atoms with Crippen LogP contribution in [0.25, 0.3) is 0 Å². The van der Waals surface area contributed by atoms with Crippen molar-refractivity contribution in [2.75, 3.05) is 6.54 Å². The lowest BCUT2D eigenvalue weighted by Crippen LogP contribution is -2.34. The molecule has 3 N–H and O–H groups in total. The smallest absolute Gasteiger partial charge is 0.239 e. The van der Waals surface area contributed by atoms with Crippen molar-refractivity contribution in [1.29, 1.82) is 0 Å². The second kappa shape index (κ2) is 4.84. The molecule has 0 fully saturated rings. The van der Waals surface area contributed by atoms with Gasteiger partial charge in [0.2, 0.25) is 5.91 Å². The molecular formula is C10H12F2N2O. The normalized spacial score (nSPS) is 12.5. The van der Waals surface area contributed by atoms with Crippen molar-refractivity contribution < 1.29 is 13.6 Å². The van der Waals surface area contributed by atoms with Gasteiger partial charge < -0.3 is 11.1 Å². The van der Waals surface area contributed by atoms with Gasteiger partial charge in [0.05, 0.1) is 0 Å². The maximum absolute atomic E-state index is 13.3. The standard InChI is InChI=1S/C10H12F2N2O/c1-2-14-9(10(13)15)8-6(11)4-3-5-7(8)12/h3-5,9,14H,2H2,1H3,(H2,13,15). The molecule has 82 valence electrons. The first-order valence-corrected chi connectivity index (χ1v) is 4.54. The van der Waals surface area contributed by atoms with E-state index in [1.807, 2.05) is 0 Å². The second-order valence-electron chi connectivity index (χ2n) is 3.03. The quantitative estimate of drug-likeness (QED) is 0.788. The van der Waals surface area contributed by atoms with E-state index in [9.17, 15) is 13.6 Å². The van der Waals surface area contributed by atoms with Crippen LogP contribution in [0.4, 0.5) is 8.78 Å². The van der Waals surface area contributed by atoms with Crippen LogP contribution in [0.15, 0.2) is 18.2 Å². The van der Waals surface area contributed by atoms with Gasteiger partial charge in [0.15, 0.2) is 0 Å². The Morgan fingerprint density at radius 1 is 1.47 bits per heavy atom. The molecule has 1 unspecified atom stereocenters. The van der Waals surface area contributed by atoms with Crippen molar-refractivity contribution in [2.24, 2.45) is 5.73 Å². The summed E-state index contributed by atoms with van der Waals surface area (Å²) in [5, 5.41) is 2.63. The largest absolute Gasteiger partial charge is 0.368 e. The molecule has 0 aliphatic carbocycles. The molecule has 1 amide bonds. The van der Waals surface area contributed by atoms with Crippen LogP contribution in [0.5, 0.6) is 0 Å². The Hall–Kier alpha value is -1.49. The zero-order valence-electron chi connectivity index (χ0n) is 8.26. The van der Waals surface area contributed by atoms with Crippen molar-refractivity contribution in [3.8, 4) is 0 Å². The van der Waals surface area contributed by atoms with E-state index in [1.54, 1.807) is 6.92 Å². The van der Waals surface area contributed by atoms with Gasteiger partial charge in [0, 0.05) is 5.56 Å². The molecule has 0 spiro atoms. The van der Waals surface area contributed by atoms with Gasteiger partial charge >= 0.3 is 0 Å². The summed E-state index contributed by atoms with van der Waals surface area (Å²) >= 11 is 0. The topological polar surface area (TPSA) is 55.1 Å². The van der Waals surface area contributed by atoms with Crippen LogP contribution >= 0.6 is 0 Å². The minimum atomic E-state index is -1.13. The third kappa shape index (κ3) is 2.50. The molecule has 1 aromatic rings. The Kier molecular flexibility index (Phi) is 3.74. The summed E-state index contributed by atoms with van der Waals surface area (Å²) in [5.41, 5.74) is 4.73. The number of nitrogens with one attached hydrogen (secondary N) is 1. The number of hydrogen-bond acceptors (Lipinski definition) is 2. The molecule has 1 aromatic carbocycles. The van der Waals surface area contributed by atoms with Crippen molar-refractivity contribution in [2.45, 2.75) is 13.0 Å². The fourth-order valence-corrected chi connectivity index (χ4v) is 1.34. The average Bonchev–Trinajstić information content (AvgIpc) is 2.15. The molecule has 0 radical (unpaired) electrons. The molecule has 0 heterocycles. The number of carbonyl (C=O) groups excluding carboxylic acids is 1. The summed E-state index contributed by atoms with van der Waals surface area (Å²) < 4.78 is 26.6. The third-order valence-electron chi connectivity index (χ3n) is 1.98. The number of rotatable bonds is 4. The van der Waals surface area contributed by atoms with Crippen molar-refractivity contribution in [3.63, 3.8) is 0 Å². The number of hydrogen-bond donors (Lipinski definition) is 2. The van der Waals surface area contributed by atoms with Gasteiger partial charge in [0.1, 0.15) is 17.7 Å². The number of likely N-dealkylation sites (N-methyl/N-ethyl adjacent to an activating group) is 1. The first kappa shape index (κ1) is 11.6. The van der Waals surface area contributed by atoms with Crippen LogP contribution in [0.3, 0.4) is 0 Å². The predicted octanol–water partition coefficient (Wildman–Crippen LogP) is 1.10. The molecule has 0 saturated heterocycles. The zero-order chi connectivity index (χ0) is 11.4.